The number of aromatic nitrogens is 5. The molecule has 8 nitrogen and oxygen atoms in total. The topological polar surface area (TPSA) is 78.1 Å². The van der Waals surface area contributed by atoms with E-state index in [2.05, 4.69) is 22.2 Å². The Morgan fingerprint density at radius 2 is 2.12 bits per heavy atom. The summed E-state index contributed by atoms with van der Waals surface area (Å²) in [5, 5.41) is 8.11. The molecular formula is C17H20N6O2. The van der Waals surface area contributed by atoms with Gasteiger partial charge in [0.15, 0.2) is 5.69 Å². The summed E-state index contributed by atoms with van der Waals surface area (Å²) < 4.78 is 8.85. The minimum atomic E-state index is -0.236. The van der Waals surface area contributed by atoms with Gasteiger partial charge in [-0.15, -0.1) is 5.10 Å². The average molecular weight is 340 g/mol. The fourth-order valence-corrected chi connectivity index (χ4v) is 3.10. The van der Waals surface area contributed by atoms with Crippen molar-refractivity contribution < 1.29 is 9.53 Å². The average Bonchev–Trinajstić information content (AvgIpc) is 3.17. The molecule has 0 N–H and O–H groups in total. The molecule has 130 valence electrons. The second kappa shape index (κ2) is 5.66. The number of hydrogen-bond donors (Lipinski definition) is 0. The number of anilines is 1. The standard InChI is InChI=1S/C17H20N6O2/c1-17(10-25-11-17)9-23-8-13(19-20-23)15(24)22(3)16-18-12-6-4-5-7-14(12)21(16)2/h4-8H,9-11H2,1-3H3. The molecule has 1 aliphatic rings. The van der Waals surface area contributed by atoms with E-state index in [4.69, 9.17) is 4.74 Å². The fraction of sp³-hybridized carbons (Fsp3) is 0.412. The Morgan fingerprint density at radius 3 is 2.80 bits per heavy atom. The summed E-state index contributed by atoms with van der Waals surface area (Å²) in [7, 11) is 3.59. The number of aryl methyl sites for hydroxylation is 1. The van der Waals surface area contributed by atoms with Crippen LogP contribution in [0.4, 0.5) is 5.95 Å². The third-order valence-electron chi connectivity index (χ3n) is 4.57. The van der Waals surface area contributed by atoms with E-state index in [-0.39, 0.29) is 11.3 Å². The molecule has 1 aromatic carbocycles. The molecule has 25 heavy (non-hydrogen) atoms. The molecule has 1 aliphatic heterocycles. The van der Waals surface area contributed by atoms with Crippen LogP contribution in [0.5, 0.6) is 0 Å². The Kier molecular flexibility index (Phi) is 3.57. The Hall–Kier alpha value is -2.74. The summed E-state index contributed by atoms with van der Waals surface area (Å²) in [6, 6.07) is 7.78. The van der Waals surface area contributed by atoms with E-state index >= 15 is 0 Å². The number of rotatable bonds is 4. The van der Waals surface area contributed by atoms with Crippen molar-refractivity contribution >= 4 is 22.9 Å². The lowest BCUT2D eigenvalue weighted by Gasteiger charge is -2.37. The van der Waals surface area contributed by atoms with E-state index in [0.29, 0.717) is 31.4 Å². The van der Waals surface area contributed by atoms with Gasteiger partial charge in [-0.2, -0.15) is 0 Å². The van der Waals surface area contributed by atoms with Crippen LogP contribution in [0.15, 0.2) is 30.5 Å². The maximum atomic E-state index is 12.8. The van der Waals surface area contributed by atoms with Crippen molar-refractivity contribution in [3.8, 4) is 0 Å². The maximum absolute atomic E-state index is 12.8. The monoisotopic (exact) mass is 340 g/mol. The Morgan fingerprint density at radius 1 is 1.36 bits per heavy atom. The van der Waals surface area contributed by atoms with Gasteiger partial charge in [0.25, 0.3) is 5.91 Å². The van der Waals surface area contributed by atoms with Crippen molar-refractivity contribution in [1.82, 2.24) is 24.5 Å². The lowest BCUT2D eigenvalue weighted by Crippen LogP contribution is -2.43. The molecule has 0 unspecified atom stereocenters. The largest absolute Gasteiger partial charge is 0.380 e. The number of carbonyl (C=O) groups excluding carboxylic acids is 1. The van der Waals surface area contributed by atoms with E-state index in [9.17, 15) is 4.79 Å². The first-order valence-corrected chi connectivity index (χ1v) is 8.14. The number of benzene rings is 1. The van der Waals surface area contributed by atoms with Crippen LogP contribution in [0.1, 0.15) is 17.4 Å². The van der Waals surface area contributed by atoms with E-state index in [1.807, 2.05) is 35.9 Å². The molecule has 0 aliphatic carbocycles. The first-order valence-electron chi connectivity index (χ1n) is 8.14. The normalized spacial score (nSPS) is 16.0. The van der Waals surface area contributed by atoms with Gasteiger partial charge in [-0.1, -0.05) is 24.3 Å². The molecule has 0 saturated carbocycles. The predicted molar refractivity (Wildman–Crippen MR) is 92.4 cm³/mol. The summed E-state index contributed by atoms with van der Waals surface area (Å²) in [6.07, 6.45) is 1.69. The van der Waals surface area contributed by atoms with Crippen LogP contribution in [0.3, 0.4) is 0 Å². The van der Waals surface area contributed by atoms with E-state index in [1.165, 1.54) is 4.90 Å². The molecule has 3 heterocycles. The first kappa shape index (κ1) is 15.8. The van der Waals surface area contributed by atoms with E-state index < -0.39 is 0 Å². The Balaban J connectivity index is 1.57. The smallest absolute Gasteiger partial charge is 0.282 e. The molecule has 3 aromatic rings. The number of carbonyl (C=O) groups is 1. The third kappa shape index (κ3) is 2.68. The van der Waals surface area contributed by atoms with Crippen molar-refractivity contribution in [3.05, 3.63) is 36.2 Å². The van der Waals surface area contributed by atoms with Gasteiger partial charge in [0.05, 0.1) is 37.0 Å². The highest BCUT2D eigenvalue weighted by molar-refractivity contribution is 6.03. The SMILES string of the molecule is CN(C(=O)c1cn(CC2(C)COC2)nn1)c1nc2ccccc2n1C. The molecular weight excluding hydrogens is 320 g/mol. The van der Waals surface area contributed by atoms with Crippen LogP contribution in [0.25, 0.3) is 11.0 Å². The highest BCUT2D eigenvalue weighted by atomic mass is 16.5. The number of para-hydroxylation sites is 2. The minimum Gasteiger partial charge on any atom is -0.380 e. The number of imidazole rings is 1. The van der Waals surface area contributed by atoms with Crippen molar-refractivity contribution in [2.75, 3.05) is 25.2 Å². The Labute approximate surface area is 145 Å². The molecule has 2 aromatic heterocycles. The second-order valence-corrected chi connectivity index (χ2v) is 6.93. The molecule has 1 amide bonds. The van der Waals surface area contributed by atoms with Crippen LogP contribution >= 0.6 is 0 Å². The fourth-order valence-electron chi connectivity index (χ4n) is 3.10. The summed E-state index contributed by atoms with van der Waals surface area (Å²) in [6.45, 7) is 4.22. The van der Waals surface area contributed by atoms with Crippen molar-refractivity contribution in [1.29, 1.82) is 0 Å². The van der Waals surface area contributed by atoms with Gasteiger partial charge in [0, 0.05) is 19.5 Å². The number of nitrogens with zero attached hydrogens (tertiary/aromatic N) is 6. The van der Waals surface area contributed by atoms with Crippen LogP contribution < -0.4 is 4.90 Å². The highest BCUT2D eigenvalue weighted by Crippen LogP contribution is 2.28. The quantitative estimate of drug-likeness (QED) is 0.719. The van der Waals surface area contributed by atoms with Crippen LogP contribution in [0.2, 0.25) is 0 Å². The molecule has 0 radical (unpaired) electrons. The first-order chi connectivity index (χ1) is 12.0. The zero-order valence-corrected chi connectivity index (χ0v) is 14.5. The molecule has 4 rings (SSSR count). The Bertz CT molecular complexity index is 940. The zero-order valence-electron chi connectivity index (χ0n) is 14.5. The lowest BCUT2D eigenvalue weighted by atomic mass is 9.89. The minimum absolute atomic E-state index is 0.0668. The molecule has 0 bridgehead atoms. The van der Waals surface area contributed by atoms with E-state index in [1.54, 1.807) is 17.9 Å². The molecule has 1 fully saturated rings. The van der Waals surface area contributed by atoms with Gasteiger partial charge < -0.3 is 9.30 Å². The molecule has 1 saturated heterocycles. The second-order valence-electron chi connectivity index (χ2n) is 6.93. The van der Waals surface area contributed by atoms with Gasteiger partial charge in [0.2, 0.25) is 5.95 Å². The number of hydrogen-bond acceptors (Lipinski definition) is 5. The van der Waals surface area contributed by atoms with Gasteiger partial charge in [-0.25, -0.2) is 4.98 Å². The molecule has 0 atom stereocenters. The van der Waals surface area contributed by atoms with Gasteiger partial charge in [0.1, 0.15) is 0 Å². The third-order valence-corrected chi connectivity index (χ3v) is 4.57. The van der Waals surface area contributed by atoms with Gasteiger partial charge >= 0.3 is 0 Å². The van der Waals surface area contributed by atoms with Crippen molar-refractivity contribution in [2.24, 2.45) is 12.5 Å². The molecule has 8 heteroatoms. The van der Waals surface area contributed by atoms with Crippen molar-refractivity contribution in [2.45, 2.75) is 13.5 Å². The highest BCUT2D eigenvalue weighted by Gasteiger charge is 2.34. The zero-order chi connectivity index (χ0) is 17.6. The van der Waals surface area contributed by atoms with Crippen LogP contribution in [-0.4, -0.2) is 50.7 Å². The number of fused-ring (bicyclic) bond motifs is 1. The van der Waals surface area contributed by atoms with Gasteiger partial charge in [-0.05, 0) is 12.1 Å². The summed E-state index contributed by atoms with van der Waals surface area (Å²) in [4.78, 5) is 18.8. The predicted octanol–water partition coefficient (Wildman–Crippen LogP) is 1.48. The number of amides is 1. The van der Waals surface area contributed by atoms with Crippen molar-refractivity contribution in [3.63, 3.8) is 0 Å². The maximum Gasteiger partial charge on any atom is 0.282 e. The number of ether oxygens (including phenoxy) is 1. The summed E-state index contributed by atoms with van der Waals surface area (Å²) >= 11 is 0. The van der Waals surface area contributed by atoms with E-state index in [0.717, 1.165) is 11.0 Å². The van der Waals surface area contributed by atoms with Crippen LogP contribution in [0, 0.1) is 5.41 Å². The molecule has 0 spiro atoms. The lowest BCUT2D eigenvalue weighted by molar-refractivity contribution is -0.111. The van der Waals surface area contributed by atoms with Gasteiger partial charge in [-0.3, -0.25) is 14.4 Å². The summed E-state index contributed by atoms with van der Waals surface area (Å²) in [5.41, 5.74) is 2.19. The summed E-state index contributed by atoms with van der Waals surface area (Å²) in [5.74, 6) is 0.333. The van der Waals surface area contributed by atoms with Crippen LogP contribution in [-0.2, 0) is 18.3 Å².